The molecule has 0 spiro atoms. The maximum atomic E-state index is 11.1. The third-order valence-electron chi connectivity index (χ3n) is 2.24. The lowest BCUT2D eigenvalue weighted by molar-refractivity contribution is 0.603. The zero-order chi connectivity index (χ0) is 12.9. The average Bonchev–Trinajstić information content (AvgIpc) is 2.23. The van der Waals surface area contributed by atoms with Crippen LogP contribution in [0, 0.1) is 0 Å². The molecule has 17 heavy (non-hydrogen) atoms. The van der Waals surface area contributed by atoms with Gasteiger partial charge in [0.25, 0.3) is 0 Å². The Morgan fingerprint density at radius 3 is 2.71 bits per heavy atom. The van der Waals surface area contributed by atoms with Crippen LogP contribution in [0.5, 0.6) is 0 Å². The van der Waals surface area contributed by atoms with Crippen molar-refractivity contribution in [3.05, 3.63) is 30.1 Å². The third kappa shape index (κ3) is 5.52. The smallest absolute Gasteiger partial charge is 0.148 e. The van der Waals surface area contributed by atoms with E-state index in [2.05, 4.69) is 4.98 Å². The van der Waals surface area contributed by atoms with E-state index in [0.29, 0.717) is 5.75 Å². The fraction of sp³-hybridized carbons (Fsp3) is 0.545. The maximum absolute atomic E-state index is 11.1. The lowest BCUT2D eigenvalue weighted by atomic mass is 10.1. The molecule has 0 amide bonds. The summed E-state index contributed by atoms with van der Waals surface area (Å²) in [4.78, 5) is 4.06. The molecule has 0 aliphatic rings. The predicted molar refractivity (Wildman–Crippen MR) is 72.8 cm³/mol. The van der Waals surface area contributed by atoms with E-state index in [9.17, 15) is 8.42 Å². The molecule has 1 aromatic heterocycles. The van der Waals surface area contributed by atoms with Crippen LogP contribution in [0.2, 0.25) is 0 Å². The highest BCUT2D eigenvalue weighted by Gasteiger charge is 2.17. The Kier molecular flexibility index (Phi) is 5.42. The molecule has 2 unspecified atom stereocenters. The van der Waals surface area contributed by atoms with E-state index in [1.54, 1.807) is 24.2 Å². The molecule has 96 valence electrons. The van der Waals surface area contributed by atoms with Crippen molar-refractivity contribution in [1.29, 1.82) is 0 Å². The minimum Gasteiger partial charge on any atom is -0.327 e. The molecule has 0 bridgehead atoms. The Hall–Kier alpha value is -0.590. The first-order valence-corrected chi connectivity index (χ1v) is 8.46. The summed E-state index contributed by atoms with van der Waals surface area (Å²) in [5.74, 6) is 0.737. The van der Waals surface area contributed by atoms with Crippen molar-refractivity contribution in [2.75, 3.05) is 17.8 Å². The molecule has 6 heteroatoms. The summed E-state index contributed by atoms with van der Waals surface area (Å²) in [6.45, 7) is 1.92. The molecule has 0 aliphatic heterocycles. The highest BCUT2D eigenvalue weighted by Crippen LogP contribution is 2.30. The van der Waals surface area contributed by atoms with Gasteiger partial charge in [-0.05, 0) is 18.6 Å². The van der Waals surface area contributed by atoms with Gasteiger partial charge in [-0.1, -0.05) is 6.07 Å². The van der Waals surface area contributed by atoms with Gasteiger partial charge < -0.3 is 5.73 Å². The zero-order valence-corrected chi connectivity index (χ0v) is 11.7. The first-order valence-electron chi connectivity index (χ1n) is 5.35. The van der Waals surface area contributed by atoms with Crippen LogP contribution in [0.3, 0.4) is 0 Å². The van der Waals surface area contributed by atoms with E-state index < -0.39 is 9.84 Å². The minimum atomic E-state index is -2.90. The fourth-order valence-corrected chi connectivity index (χ4v) is 3.91. The van der Waals surface area contributed by atoms with Crippen LogP contribution in [0.15, 0.2) is 24.5 Å². The van der Waals surface area contributed by atoms with Gasteiger partial charge in [-0.15, -0.1) is 0 Å². The van der Waals surface area contributed by atoms with E-state index in [4.69, 9.17) is 5.73 Å². The maximum Gasteiger partial charge on any atom is 0.148 e. The Labute approximate surface area is 107 Å². The van der Waals surface area contributed by atoms with Crippen molar-refractivity contribution in [3.63, 3.8) is 0 Å². The Balaban J connectivity index is 2.63. The number of rotatable bonds is 6. The van der Waals surface area contributed by atoms with E-state index in [-0.39, 0.29) is 17.0 Å². The number of thioether (sulfide) groups is 1. The second-order valence-electron chi connectivity index (χ2n) is 4.07. The quantitative estimate of drug-likeness (QED) is 0.845. The summed E-state index contributed by atoms with van der Waals surface area (Å²) in [6, 6.07) is 3.79. The molecule has 0 radical (unpaired) electrons. The monoisotopic (exact) mass is 274 g/mol. The lowest BCUT2D eigenvalue weighted by Gasteiger charge is -2.20. The largest absolute Gasteiger partial charge is 0.327 e. The Bertz CT molecular complexity index is 432. The van der Waals surface area contributed by atoms with Crippen LogP contribution >= 0.6 is 11.8 Å². The second kappa shape index (κ2) is 6.37. The molecule has 0 fully saturated rings. The van der Waals surface area contributed by atoms with Crippen molar-refractivity contribution in [1.82, 2.24) is 4.98 Å². The van der Waals surface area contributed by atoms with Crippen LogP contribution in [-0.4, -0.2) is 37.2 Å². The number of pyridine rings is 1. The summed E-state index contributed by atoms with van der Waals surface area (Å²) in [7, 11) is -2.90. The van der Waals surface area contributed by atoms with Gasteiger partial charge in [-0.2, -0.15) is 11.8 Å². The van der Waals surface area contributed by atoms with E-state index >= 15 is 0 Å². The van der Waals surface area contributed by atoms with Crippen LogP contribution in [0.25, 0.3) is 0 Å². The summed E-state index contributed by atoms with van der Waals surface area (Å²) < 4.78 is 22.1. The zero-order valence-electron chi connectivity index (χ0n) is 10.0. The van der Waals surface area contributed by atoms with Gasteiger partial charge in [0.2, 0.25) is 0 Å². The first kappa shape index (κ1) is 14.5. The fourth-order valence-electron chi connectivity index (χ4n) is 1.42. The normalized spacial score (nSPS) is 15.5. The number of nitrogens with zero attached hydrogens (tertiary/aromatic N) is 1. The van der Waals surface area contributed by atoms with Crippen molar-refractivity contribution >= 4 is 21.6 Å². The molecular weight excluding hydrogens is 256 g/mol. The van der Waals surface area contributed by atoms with Gasteiger partial charge in [0.15, 0.2) is 0 Å². The first-order chi connectivity index (χ1) is 7.90. The van der Waals surface area contributed by atoms with Crippen LogP contribution in [-0.2, 0) is 9.84 Å². The van der Waals surface area contributed by atoms with E-state index in [1.807, 2.05) is 19.1 Å². The van der Waals surface area contributed by atoms with Crippen molar-refractivity contribution in [3.8, 4) is 0 Å². The van der Waals surface area contributed by atoms with E-state index in [1.165, 1.54) is 6.26 Å². The molecule has 4 nitrogen and oxygen atoms in total. The van der Waals surface area contributed by atoms with Crippen molar-refractivity contribution < 1.29 is 8.42 Å². The summed E-state index contributed by atoms with van der Waals surface area (Å²) in [5.41, 5.74) is 6.96. The summed E-state index contributed by atoms with van der Waals surface area (Å²) in [6.07, 6.45) is 4.74. The van der Waals surface area contributed by atoms with Crippen LogP contribution in [0.1, 0.15) is 17.7 Å². The summed E-state index contributed by atoms with van der Waals surface area (Å²) >= 11 is 1.57. The molecule has 2 atom stereocenters. The Morgan fingerprint density at radius 2 is 2.24 bits per heavy atom. The number of hydrogen-bond donors (Lipinski definition) is 1. The van der Waals surface area contributed by atoms with Crippen molar-refractivity contribution in [2.24, 2.45) is 5.73 Å². The number of aromatic nitrogens is 1. The van der Waals surface area contributed by atoms with Crippen molar-refractivity contribution in [2.45, 2.75) is 18.2 Å². The van der Waals surface area contributed by atoms with Crippen LogP contribution in [0.4, 0.5) is 0 Å². The lowest BCUT2D eigenvalue weighted by Crippen LogP contribution is -2.23. The van der Waals surface area contributed by atoms with Gasteiger partial charge in [0, 0.05) is 35.7 Å². The molecule has 0 aromatic carbocycles. The van der Waals surface area contributed by atoms with Gasteiger partial charge in [0.05, 0.1) is 5.75 Å². The standard InChI is InChI=1S/C11H18N2O2S2/c1-9(12)11(10-4-3-5-13-8-10)16-6-7-17(2,14)15/h3-5,8-9,11H,6-7,12H2,1-2H3. The number of nitrogens with two attached hydrogens (primary N) is 1. The van der Waals surface area contributed by atoms with Crippen LogP contribution < -0.4 is 5.73 Å². The van der Waals surface area contributed by atoms with Gasteiger partial charge >= 0.3 is 0 Å². The number of sulfone groups is 1. The topological polar surface area (TPSA) is 73.1 Å². The highest BCUT2D eigenvalue weighted by molar-refractivity contribution is 8.00. The van der Waals surface area contributed by atoms with Gasteiger partial charge in [0.1, 0.15) is 9.84 Å². The molecular formula is C11H18N2O2S2. The van der Waals surface area contributed by atoms with E-state index in [0.717, 1.165) is 5.56 Å². The highest BCUT2D eigenvalue weighted by atomic mass is 32.2. The number of hydrogen-bond acceptors (Lipinski definition) is 5. The molecule has 0 saturated heterocycles. The molecule has 1 aromatic rings. The minimum absolute atomic E-state index is 0.0382. The molecule has 2 N–H and O–H groups in total. The SMILES string of the molecule is CC(N)C(SCCS(C)(=O)=O)c1cccnc1. The third-order valence-corrected chi connectivity index (χ3v) is 4.95. The Morgan fingerprint density at radius 1 is 1.53 bits per heavy atom. The molecule has 1 rings (SSSR count). The van der Waals surface area contributed by atoms with Gasteiger partial charge in [-0.25, -0.2) is 8.42 Å². The predicted octanol–water partition coefficient (Wildman–Crippen LogP) is 1.25. The molecule has 0 aliphatic carbocycles. The summed E-state index contributed by atoms with van der Waals surface area (Å²) in [5, 5.41) is 0.0884. The second-order valence-corrected chi connectivity index (χ2v) is 7.58. The average molecular weight is 274 g/mol. The van der Waals surface area contributed by atoms with Gasteiger partial charge in [-0.3, -0.25) is 4.98 Å². The molecule has 0 saturated carbocycles. The molecule has 1 heterocycles.